The third-order valence-electron chi connectivity index (χ3n) is 5.25. The SMILES string of the molecule is Cc1cnc(OCC2CCCN(c3cc(C4CCC4)ncn3)C2)nc1. The highest BCUT2D eigenvalue weighted by atomic mass is 16.5. The van der Waals surface area contributed by atoms with Gasteiger partial charge in [0.25, 0.3) is 0 Å². The van der Waals surface area contributed by atoms with Crippen LogP contribution in [0.5, 0.6) is 6.01 Å². The fourth-order valence-electron chi connectivity index (χ4n) is 3.52. The van der Waals surface area contributed by atoms with Crippen molar-refractivity contribution in [3.8, 4) is 6.01 Å². The standard InChI is InChI=1S/C19H25N5O/c1-14-9-20-19(21-10-14)25-12-15-4-3-7-24(11-15)18-8-17(22-13-23-18)16-5-2-6-16/h8-10,13,15-16H,2-7,11-12H2,1H3. The Bertz CT molecular complexity index is 701. The second-order valence-electron chi connectivity index (χ2n) is 7.24. The van der Waals surface area contributed by atoms with Gasteiger partial charge in [-0.15, -0.1) is 0 Å². The molecule has 0 amide bonds. The molecule has 6 heteroatoms. The molecule has 0 spiro atoms. The Labute approximate surface area is 148 Å². The van der Waals surface area contributed by atoms with Crippen LogP contribution in [0.15, 0.2) is 24.8 Å². The molecular formula is C19H25N5O. The zero-order valence-electron chi connectivity index (χ0n) is 14.8. The third kappa shape index (κ3) is 3.89. The lowest BCUT2D eigenvalue weighted by Crippen LogP contribution is -2.38. The Balaban J connectivity index is 1.36. The summed E-state index contributed by atoms with van der Waals surface area (Å²) in [5.41, 5.74) is 2.25. The molecule has 2 aliphatic rings. The Morgan fingerprint density at radius 3 is 2.68 bits per heavy atom. The van der Waals surface area contributed by atoms with Crippen molar-refractivity contribution in [3.63, 3.8) is 0 Å². The average Bonchev–Trinajstić information content (AvgIpc) is 2.60. The highest BCUT2D eigenvalue weighted by Gasteiger charge is 2.25. The van der Waals surface area contributed by atoms with Gasteiger partial charge < -0.3 is 9.64 Å². The molecule has 0 bridgehead atoms. The molecule has 1 saturated carbocycles. The van der Waals surface area contributed by atoms with Gasteiger partial charge in [-0.2, -0.15) is 0 Å². The molecule has 1 unspecified atom stereocenters. The van der Waals surface area contributed by atoms with Crippen molar-refractivity contribution in [2.45, 2.75) is 44.9 Å². The lowest BCUT2D eigenvalue weighted by molar-refractivity contribution is 0.213. The molecule has 1 saturated heterocycles. The maximum Gasteiger partial charge on any atom is 0.316 e. The predicted molar refractivity (Wildman–Crippen MR) is 95.8 cm³/mol. The number of rotatable bonds is 5. The second-order valence-corrected chi connectivity index (χ2v) is 7.24. The fraction of sp³-hybridized carbons (Fsp3) is 0.579. The molecule has 25 heavy (non-hydrogen) atoms. The number of ether oxygens (including phenoxy) is 1. The van der Waals surface area contributed by atoms with Gasteiger partial charge in [0.15, 0.2) is 0 Å². The summed E-state index contributed by atoms with van der Waals surface area (Å²) >= 11 is 0. The van der Waals surface area contributed by atoms with E-state index in [1.807, 2.05) is 6.92 Å². The molecule has 6 nitrogen and oxygen atoms in total. The molecule has 0 N–H and O–H groups in total. The highest BCUT2D eigenvalue weighted by molar-refractivity contribution is 5.40. The molecular weight excluding hydrogens is 314 g/mol. The van der Waals surface area contributed by atoms with E-state index >= 15 is 0 Å². The van der Waals surface area contributed by atoms with Crippen LogP contribution in [0.1, 0.15) is 49.3 Å². The van der Waals surface area contributed by atoms with Crippen molar-refractivity contribution in [1.29, 1.82) is 0 Å². The maximum atomic E-state index is 5.79. The Morgan fingerprint density at radius 2 is 1.92 bits per heavy atom. The summed E-state index contributed by atoms with van der Waals surface area (Å²) in [5.74, 6) is 2.18. The normalized spacial score (nSPS) is 21.0. The van der Waals surface area contributed by atoms with Gasteiger partial charge in [-0.1, -0.05) is 6.42 Å². The van der Waals surface area contributed by atoms with E-state index < -0.39 is 0 Å². The first kappa shape index (κ1) is 16.2. The van der Waals surface area contributed by atoms with Crippen molar-refractivity contribution in [1.82, 2.24) is 19.9 Å². The van der Waals surface area contributed by atoms with E-state index in [4.69, 9.17) is 4.74 Å². The Morgan fingerprint density at radius 1 is 1.08 bits per heavy atom. The Hall–Kier alpha value is -2.24. The molecule has 1 aliphatic carbocycles. The summed E-state index contributed by atoms with van der Waals surface area (Å²) < 4.78 is 5.79. The quantitative estimate of drug-likeness (QED) is 0.834. The summed E-state index contributed by atoms with van der Waals surface area (Å²) in [5, 5.41) is 0. The topological polar surface area (TPSA) is 64.0 Å². The molecule has 2 fully saturated rings. The van der Waals surface area contributed by atoms with Crippen molar-refractivity contribution in [3.05, 3.63) is 36.0 Å². The summed E-state index contributed by atoms with van der Waals surface area (Å²) in [6.45, 7) is 4.65. The van der Waals surface area contributed by atoms with Gasteiger partial charge in [-0.25, -0.2) is 19.9 Å². The van der Waals surface area contributed by atoms with E-state index in [2.05, 4.69) is 30.9 Å². The third-order valence-corrected chi connectivity index (χ3v) is 5.25. The van der Waals surface area contributed by atoms with Crippen molar-refractivity contribution in [2.75, 3.05) is 24.6 Å². The lowest BCUT2D eigenvalue weighted by atomic mass is 9.83. The summed E-state index contributed by atoms with van der Waals surface area (Å²) in [6.07, 6.45) is 11.5. The molecule has 1 aliphatic heterocycles. The smallest absolute Gasteiger partial charge is 0.316 e. The van der Waals surface area contributed by atoms with Crippen LogP contribution in [0.25, 0.3) is 0 Å². The van der Waals surface area contributed by atoms with Gasteiger partial charge in [-0.3, -0.25) is 0 Å². The molecule has 0 radical (unpaired) electrons. The van der Waals surface area contributed by atoms with Gasteiger partial charge in [0.1, 0.15) is 12.1 Å². The van der Waals surface area contributed by atoms with E-state index in [0.29, 0.717) is 24.5 Å². The number of nitrogens with zero attached hydrogens (tertiary/aromatic N) is 5. The van der Waals surface area contributed by atoms with Crippen molar-refractivity contribution in [2.24, 2.45) is 5.92 Å². The van der Waals surface area contributed by atoms with Crippen LogP contribution in [0.4, 0.5) is 5.82 Å². The number of aromatic nitrogens is 4. The number of anilines is 1. The molecule has 2 aromatic rings. The van der Waals surface area contributed by atoms with E-state index in [1.165, 1.54) is 31.4 Å². The Kier molecular flexibility index (Phi) is 4.76. The van der Waals surface area contributed by atoms with Crippen molar-refractivity contribution >= 4 is 5.82 Å². The van der Waals surface area contributed by atoms with Crippen LogP contribution < -0.4 is 9.64 Å². The van der Waals surface area contributed by atoms with Crippen LogP contribution in [0, 0.1) is 12.8 Å². The summed E-state index contributed by atoms with van der Waals surface area (Å²) in [7, 11) is 0. The van der Waals surface area contributed by atoms with E-state index in [1.54, 1.807) is 18.7 Å². The first-order valence-electron chi connectivity index (χ1n) is 9.26. The summed E-state index contributed by atoms with van der Waals surface area (Å²) in [4.78, 5) is 19.8. The first-order chi connectivity index (χ1) is 12.3. The van der Waals surface area contributed by atoms with Gasteiger partial charge in [0.2, 0.25) is 0 Å². The van der Waals surface area contributed by atoms with E-state index in [0.717, 1.165) is 30.9 Å². The number of hydrogen-bond acceptors (Lipinski definition) is 6. The number of piperidine rings is 1. The van der Waals surface area contributed by atoms with Gasteiger partial charge in [0.05, 0.1) is 6.61 Å². The zero-order chi connectivity index (χ0) is 17.1. The minimum atomic E-state index is 0.469. The summed E-state index contributed by atoms with van der Waals surface area (Å²) in [6, 6.07) is 2.66. The average molecular weight is 339 g/mol. The molecule has 132 valence electrons. The lowest BCUT2D eigenvalue weighted by Gasteiger charge is -2.34. The predicted octanol–water partition coefficient (Wildman–Crippen LogP) is 3.14. The van der Waals surface area contributed by atoms with Gasteiger partial charge in [0, 0.05) is 49.1 Å². The first-order valence-corrected chi connectivity index (χ1v) is 9.26. The van der Waals surface area contributed by atoms with Crippen LogP contribution in [-0.2, 0) is 0 Å². The van der Waals surface area contributed by atoms with Crippen LogP contribution in [-0.4, -0.2) is 39.6 Å². The van der Waals surface area contributed by atoms with E-state index in [-0.39, 0.29) is 0 Å². The molecule has 2 aromatic heterocycles. The zero-order valence-corrected chi connectivity index (χ0v) is 14.8. The monoisotopic (exact) mass is 339 g/mol. The van der Waals surface area contributed by atoms with Crippen LogP contribution in [0.3, 0.4) is 0 Å². The van der Waals surface area contributed by atoms with Gasteiger partial charge >= 0.3 is 6.01 Å². The van der Waals surface area contributed by atoms with Crippen LogP contribution >= 0.6 is 0 Å². The van der Waals surface area contributed by atoms with E-state index in [9.17, 15) is 0 Å². The molecule has 1 atom stereocenters. The largest absolute Gasteiger partial charge is 0.463 e. The maximum absolute atomic E-state index is 5.79. The minimum absolute atomic E-state index is 0.469. The van der Waals surface area contributed by atoms with Crippen LogP contribution in [0.2, 0.25) is 0 Å². The number of hydrogen-bond donors (Lipinski definition) is 0. The second kappa shape index (κ2) is 7.33. The minimum Gasteiger partial charge on any atom is -0.463 e. The molecule has 4 rings (SSSR count). The van der Waals surface area contributed by atoms with Gasteiger partial charge in [-0.05, 0) is 38.2 Å². The fourth-order valence-corrected chi connectivity index (χ4v) is 3.52. The molecule has 0 aromatic carbocycles. The molecule has 3 heterocycles. The van der Waals surface area contributed by atoms with Crippen molar-refractivity contribution < 1.29 is 4.74 Å². The number of aryl methyl sites for hydroxylation is 1. The highest BCUT2D eigenvalue weighted by Crippen LogP contribution is 2.36.